The topological polar surface area (TPSA) is 73.6 Å². The largest absolute Gasteiger partial charge is 0.497 e. The van der Waals surface area contributed by atoms with Crippen molar-refractivity contribution < 1.29 is 14.3 Å². The summed E-state index contributed by atoms with van der Waals surface area (Å²) in [6, 6.07) is 21.7. The maximum Gasteiger partial charge on any atom is 0.417 e. The van der Waals surface area contributed by atoms with Crippen molar-refractivity contribution in [3.63, 3.8) is 0 Å². The molecule has 3 aromatic rings. The number of para-hydroxylation sites is 1. The number of hydrogen-bond donors (Lipinski definition) is 2. The van der Waals surface area contributed by atoms with E-state index >= 15 is 0 Å². The third-order valence-electron chi connectivity index (χ3n) is 3.63. The fourth-order valence-corrected chi connectivity index (χ4v) is 2.44. The van der Waals surface area contributed by atoms with Crippen molar-refractivity contribution >= 4 is 17.5 Å². The van der Waals surface area contributed by atoms with Gasteiger partial charge in [-0.1, -0.05) is 30.3 Å². The number of amides is 1. The summed E-state index contributed by atoms with van der Waals surface area (Å²) in [7, 11) is 1.58. The Balaban J connectivity index is 1.77. The molecule has 0 aliphatic carbocycles. The number of methoxy groups -OCH3 is 1. The average Bonchev–Trinajstić information content (AvgIpc) is 2.63. The number of nitrogen functional groups attached to an aromatic ring is 1. The molecular weight excluding hydrogens is 316 g/mol. The van der Waals surface area contributed by atoms with Gasteiger partial charge in [-0.05, 0) is 48.0 Å². The lowest BCUT2D eigenvalue weighted by molar-refractivity contribution is 0.215. The molecule has 5 nitrogen and oxygen atoms in total. The van der Waals surface area contributed by atoms with Gasteiger partial charge in [0.1, 0.15) is 11.5 Å². The lowest BCUT2D eigenvalue weighted by Crippen LogP contribution is -2.17. The van der Waals surface area contributed by atoms with Crippen LogP contribution in [0.2, 0.25) is 0 Å². The van der Waals surface area contributed by atoms with E-state index in [1.165, 1.54) is 0 Å². The van der Waals surface area contributed by atoms with Gasteiger partial charge in [0.05, 0.1) is 12.8 Å². The molecule has 0 aliphatic rings. The van der Waals surface area contributed by atoms with Gasteiger partial charge in [0.2, 0.25) is 0 Å². The molecule has 0 aliphatic heterocycles. The van der Waals surface area contributed by atoms with Crippen LogP contribution in [0.25, 0.3) is 11.1 Å². The fraction of sp³-hybridized carbons (Fsp3) is 0.0500. The molecule has 0 fully saturated rings. The van der Waals surface area contributed by atoms with E-state index in [2.05, 4.69) is 5.32 Å². The Bertz CT molecular complexity index is 876. The van der Waals surface area contributed by atoms with E-state index in [9.17, 15) is 4.79 Å². The van der Waals surface area contributed by atoms with Crippen LogP contribution in [-0.2, 0) is 0 Å². The van der Waals surface area contributed by atoms with Crippen LogP contribution in [0.3, 0.4) is 0 Å². The molecule has 25 heavy (non-hydrogen) atoms. The predicted octanol–water partition coefficient (Wildman–Crippen LogP) is 4.56. The zero-order valence-electron chi connectivity index (χ0n) is 13.7. The van der Waals surface area contributed by atoms with Crippen LogP contribution in [0.1, 0.15) is 0 Å². The van der Waals surface area contributed by atoms with Gasteiger partial charge in [-0.2, -0.15) is 0 Å². The molecule has 0 radical (unpaired) electrons. The first kappa shape index (κ1) is 16.4. The fourth-order valence-electron chi connectivity index (χ4n) is 2.44. The van der Waals surface area contributed by atoms with E-state index in [0.717, 1.165) is 11.1 Å². The second-order valence-electron chi connectivity index (χ2n) is 5.36. The molecule has 0 atom stereocenters. The highest BCUT2D eigenvalue weighted by atomic mass is 16.6. The number of nitrogens with one attached hydrogen (secondary N) is 1. The Kier molecular flexibility index (Phi) is 4.85. The minimum absolute atomic E-state index is 0.430. The molecule has 5 heteroatoms. The normalized spacial score (nSPS) is 10.1. The molecule has 3 rings (SSSR count). The zero-order valence-corrected chi connectivity index (χ0v) is 13.7. The summed E-state index contributed by atoms with van der Waals surface area (Å²) in [6.07, 6.45) is -0.568. The number of rotatable bonds is 4. The molecule has 1 amide bonds. The van der Waals surface area contributed by atoms with Crippen LogP contribution in [0.5, 0.6) is 11.5 Å². The Morgan fingerprint density at radius 3 is 2.36 bits per heavy atom. The highest BCUT2D eigenvalue weighted by molar-refractivity contribution is 5.92. The monoisotopic (exact) mass is 334 g/mol. The molecule has 126 valence electrons. The lowest BCUT2D eigenvalue weighted by Gasteiger charge is -2.12. The van der Waals surface area contributed by atoms with Gasteiger partial charge in [-0.15, -0.1) is 0 Å². The first-order valence-corrected chi connectivity index (χ1v) is 7.73. The predicted molar refractivity (Wildman–Crippen MR) is 98.9 cm³/mol. The average molecular weight is 334 g/mol. The summed E-state index contributed by atoms with van der Waals surface area (Å²) in [4.78, 5) is 12.2. The highest BCUT2D eigenvalue weighted by Gasteiger charge is 2.10. The smallest absolute Gasteiger partial charge is 0.417 e. The van der Waals surface area contributed by atoms with Gasteiger partial charge < -0.3 is 15.2 Å². The minimum Gasteiger partial charge on any atom is -0.497 e. The van der Waals surface area contributed by atoms with Crippen molar-refractivity contribution in [3.05, 3.63) is 72.8 Å². The Morgan fingerprint density at radius 2 is 1.64 bits per heavy atom. The van der Waals surface area contributed by atoms with E-state index in [-0.39, 0.29) is 0 Å². The number of hydrogen-bond acceptors (Lipinski definition) is 4. The van der Waals surface area contributed by atoms with E-state index in [1.807, 2.05) is 48.5 Å². The highest BCUT2D eigenvalue weighted by Crippen LogP contribution is 2.29. The number of ether oxygens (including phenoxy) is 2. The molecule has 0 saturated carbocycles. The second kappa shape index (κ2) is 7.40. The van der Waals surface area contributed by atoms with Crippen molar-refractivity contribution in [1.29, 1.82) is 0 Å². The maximum absolute atomic E-state index is 12.2. The first-order chi connectivity index (χ1) is 12.2. The number of anilines is 2. The molecule has 3 N–H and O–H groups in total. The van der Waals surface area contributed by atoms with Crippen LogP contribution in [0.4, 0.5) is 16.2 Å². The standard InChI is InChI=1S/C20H18N2O3/c1-24-16-9-11-17(12-10-16)25-20(23)22-19-8-3-2-7-18(19)14-5-4-6-15(21)13-14/h2-13H,21H2,1H3,(H,22,23). The van der Waals surface area contributed by atoms with Crippen molar-refractivity contribution in [1.82, 2.24) is 0 Å². The van der Waals surface area contributed by atoms with Crippen LogP contribution in [0.15, 0.2) is 72.8 Å². The van der Waals surface area contributed by atoms with Gasteiger partial charge in [0.25, 0.3) is 0 Å². The molecule has 0 saturated heterocycles. The Hall–Kier alpha value is -3.47. The first-order valence-electron chi connectivity index (χ1n) is 7.73. The van der Waals surface area contributed by atoms with E-state index in [1.54, 1.807) is 31.4 Å². The number of benzene rings is 3. The lowest BCUT2D eigenvalue weighted by atomic mass is 10.0. The van der Waals surface area contributed by atoms with Crippen molar-refractivity contribution in [2.75, 3.05) is 18.2 Å². The van der Waals surface area contributed by atoms with Crippen LogP contribution >= 0.6 is 0 Å². The van der Waals surface area contributed by atoms with Crippen LogP contribution < -0.4 is 20.5 Å². The Labute approximate surface area is 146 Å². The van der Waals surface area contributed by atoms with Crippen molar-refractivity contribution in [3.8, 4) is 22.6 Å². The molecular formula is C20H18N2O3. The summed E-state index contributed by atoms with van der Waals surface area (Å²) < 4.78 is 10.4. The quantitative estimate of drug-likeness (QED) is 0.686. The third kappa shape index (κ3) is 4.09. The van der Waals surface area contributed by atoms with Gasteiger partial charge >= 0.3 is 6.09 Å². The van der Waals surface area contributed by atoms with E-state index < -0.39 is 6.09 Å². The SMILES string of the molecule is COc1ccc(OC(=O)Nc2ccccc2-c2cccc(N)c2)cc1. The van der Waals surface area contributed by atoms with Crippen molar-refractivity contribution in [2.24, 2.45) is 0 Å². The molecule has 0 aromatic heterocycles. The summed E-state index contributed by atoms with van der Waals surface area (Å²) in [5, 5.41) is 2.77. The van der Waals surface area contributed by atoms with E-state index in [0.29, 0.717) is 22.9 Å². The summed E-state index contributed by atoms with van der Waals surface area (Å²) in [5.41, 5.74) is 8.94. The third-order valence-corrected chi connectivity index (χ3v) is 3.63. The summed E-state index contributed by atoms with van der Waals surface area (Å²) >= 11 is 0. The van der Waals surface area contributed by atoms with Crippen LogP contribution in [0, 0.1) is 0 Å². The van der Waals surface area contributed by atoms with Crippen LogP contribution in [-0.4, -0.2) is 13.2 Å². The zero-order chi connectivity index (χ0) is 17.6. The van der Waals surface area contributed by atoms with Crippen molar-refractivity contribution in [2.45, 2.75) is 0 Å². The molecule has 0 unspecified atom stereocenters. The summed E-state index contributed by atoms with van der Waals surface area (Å²) in [5.74, 6) is 1.12. The van der Waals surface area contributed by atoms with Gasteiger partial charge in [-0.3, -0.25) is 5.32 Å². The number of nitrogens with two attached hydrogens (primary N) is 1. The van der Waals surface area contributed by atoms with Gasteiger partial charge in [0.15, 0.2) is 0 Å². The second-order valence-corrected chi connectivity index (χ2v) is 5.36. The number of carbonyl (C=O) groups excluding carboxylic acids is 1. The molecule has 0 heterocycles. The van der Waals surface area contributed by atoms with Gasteiger partial charge in [-0.25, -0.2) is 4.79 Å². The molecule has 3 aromatic carbocycles. The molecule has 0 spiro atoms. The maximum atomic E-state index is 12.2. The summed E-state index contributed by atoms with van der Waals surface area (Å²) in [6.45, 7) is 0. The van der Waals surface area contributed by atoms with E-state index in [4.69, 9.17) is 15.2 Å². The minimum atomic E-state index is -0.568. The van der Waals surface area contributed by atoms with Gasteiger partial charge in [0, 0.05) is 11.3 Å². The molecule has 0 bridgehead atoms. The number of carbonyl (C=O) groups is 1. The Morgan fingerprint density at radius 1 is 0.920 bits per heavy atom.